The molecule has 0 aromatic heterocycles. The predicted molar refractivity (Wildman–Crippen MR) is 61.1 cm³/mol. The van der Waals surface area contributed by atoms with Crippen LogP contribution in [-0.2, 0) is 0 Å². The van der Waals surface area contributed by atoms with Crippen LogP contribution in [0.2, 0.25) is 0 Å². The molecule has 0 radical (unpaired) electrons. The lowest BCUT2D eigenvalue weighted by molar-refractivity contribution is 0.103. The van der Waals surface area contributed by atoms with Crippen molar-refractivity contribution < 1.29 is 7.54 Å². The molecule has 0 atom stereocenters. The number of carbonyl (C=O) groups is 1. The molecule has 1 heteroatoms. The number of hydrogen-bond donors (Lipinski definition) is 0. The highest BCUT2D eigenvalue weighted by molar-refractivity contribution is 6.08. The molecule has 0 fully saturated rings. The minimum Gasteiger partial charge on any atom is -0.289 e. The number of ketones is 1. The maximum atomic E-state index is 12.1. The third kappa shape index (κ3) is 2.13. The third-order valence-electron chi connectivity index (χ3n) is 2.21. The van der Waals surface area contributed by atoms with E-state index in [0.29, 0.717) is 23.2 Å². The standard InChI is InChI=1S/C14H12O/c1-11-7-9-13(10-8-11)14(15)12-5-3-2-4-6-12/h2-10H,1H3/i2D,7D. The van der Waals surface area contributed by atoms with E-state index >= 15 is 0 Å². The summed E-state index contributed by atoms with van der Waals surface area (Å²) in [6.45, 7) is 1.84. The Morgan fingerprint density at radius 2 is 1.73 bits per heavy atom. The molecule has 2 aromatic rings. The summed E-state index contributed by atoms with van der Waals surface area (Å²) in [7, 11) is 0. The summed E-state index contributed by atoms with van der Waals surface area (Å²) in [5.41, 5.74) is 1.91. The number of aryl methyl sites for hydroxylation is 1. The van der Waals surface area contributed by atoms with Crippen LogP contribution < -0.4 is 0 Å². The van der Waals surface area contributed by atoms with Crippen molar-refractivity contribution in [3.63, 3.8) is 0 Å². The van der Waals surface area contributed by atoms with Crippen LogP contribution >= 0.6 is 0 Å². The second-order valence-corrected chi connectivity index (χ2v) is 3.38. The molecule has 74 valence electrons. The Morgan fingerprint density at radius 1 is 1.07 bits per heavy atom. The quantitative estimate of drug-likeness (QED) is 0.677. The highest BCUT2D eigenvalue weighted by Crippen LogP contribution is 2.10. The fourth-order valence-corrected chi connectivity index (χ4v) is 1.35. The van der Waals surface area contributed by atoms with Crippen molar-refractivity contribution >= 4 is 5.78 Å². The van der Waals surface area contributed by atoms with Gasteiger partial charge in [-0.1, -0.05) is 60.1 Å². The second kappa shape index (κ2) is 4.09. The van der Waals surface area contributed by atoms with E-state index in [1.54, 1.807) is 42.5 Å². The van der Waals surface area contributed by atoms with Crippen molar-refractivity contribution in [3.05, 3.63) is 71.2 Å². The molecule has 0 N–H and O–H groups in total. The first-order valence-electron chi connectivity index (χ1n) is 5.76. The Bertz CT molecular complexity index is 559. The van der Waals surface area contributed by atoms with Crippen LogP contribution in [0, 0.1) is 6.92 Å². The van der Waals surface area contributed by atoms with Crippen LogP contribution in [0.1, 0.15) is 24.2 Å². The summed E-state index contributed by atoms with van der Waals surface area (Å²) in [6, 6.07) is 12.3. The van der Waals surface area contributed by atoms with Crippen molar-refractivity contribution in [1.82, 2.24) is 0 Å². The SMILES string of the molecule is [2H]c1ccc(C(=O)c2ccc(C)c([2H])c2)cc1. The summed E-state index contributed by atoms with van der Waals surface area (Å²) in [5.74, 6) is -0.112. The molecule has 2 rings (SSSR count). The first-order valence-corrected chi connectivity index (χ1v) is 4.76. The molecule has 0 saturated heterocycles. The van der Waals surface area contributed by atoms with Gasteiger partial charge in [-0.25, -0.2) is 0 Å². The largest absolute Gasteiger partial charge is 0.289 e. The van der Waals surface area contributed by atoms with Gasteiger partial charge in [0, 0.05) is 11.1 Å². The van der Waals surface area contributed by atoms with E-state index in [0.717, 1.165) is 5.56 Å². The molecule has 0 aliphatic heterocycles. The van der Waals surface area contributed by atoms with Gasteiger partial charge in [0.25, 0.3) is 0 Å². The predicted octanol–water partition coefficient (Wildman–Crippen LogP) is 3.23. The number of benzene rings is 2. The number of hydrogen-bond acceptors (Lipinski definition) is 1. The van der Waals surface area contributed by atoms with Gasteiger partial charge in [-0.3, -0.25) is 4.79 Å². The number of rotatable bonds is 2. The Hall–Kier alpha value is -1.89. The summed E-state index contributed by atoms with van der Waals surface area (Å²) >= 11 is 0. The van der Waals surface area contributed by atoms with Gasteiger partial charge in [-0.2, -0.15) is 0 Å². The van der Waals surface area contributed by atoms with Crippen LogP contribution in [0.25, 0.3) is 0 Å². The molecule has 0 aliphatic carbocycles. The lowest BCUT2D eigenvalue weighted by Gasteiger charge is -2.00. The Balaban J connectivity index is 2.37. The summed E-state index contributed by atoms with van der Waals surface area (Å²) in [6.07, 6.45) is 0. The average Bonchev–Trinajstić information content (AvgIpc) is 2.33. The Kier molecular flexibility index (Phi) is 2.02. The smallest absolute Gasteiger partial charge is 0.193 e. The van der Waals surface area contributed by atoms with Crippen LogP contribution in [0.3, 0.4) is 0 Å². The molecule has 1 nitrogen and oxygen atoms in total. The van der Waals surface area contributed by atoms with Gasteiger partial charge in [-0.15, -0.1) is 0 Å². The molecule has 0 amide bonds. The van der Waals surface area contributed by atoms with E-state index in [4.69, 9.17) is 2.74 Å². The van der Waals surface area contributed by atoms with Gasteiger partial charge in [0.05, 0.1) is 2.74 Å². The molecule has 0 heterocycles. The zero-order valence-electron chi connectivity index (χ0n) is 10.4. The van der Waals surface area contributed by atoms with Gasteiger partial charge < -0.3 is 0 Å². The van der Waals surface area contributed by atoms with E-state index < -0.39 is 0 Å². The zero-order valence-corrected chi connectivity index (χ0v) is 8.45. The molecule has 0 spiro atoms. The first kappa shape index (κ1) is 7.41. The van der Waals surface area contributed by atoms with Gasteiger partial charge in [0.15, 0.2) is 5.78 Å². The normalized spacial score (nSPS) is 11.8. The van der Waals surface area contributed by atoms with E-state index in [-0.39, 0.29) is 5.78 Å². The molecular formula is C14H12O. The summed E-state index contributed by atoms with van der Waals surface area (Å²) in [4.78, 5) is 12.1. The van der Waals surface area contributed by atoms with Crippen molar-refractivity contribution in [3.8, 4) is 0 Å². The van der Waals surface area contributed by atoms with Crippen LogP contribution in [0.15, 0.2) is 54.5 Å². The van der Waals surface area contributed by atoms with Crippen LogP contribution in [0.4, 0.5) is 0 Å². The zero-order chi connectivity index (χ0) is 12.4. The second-order valence-electron chi connectivity index (χ2n) is 3.38. The van der Waals surface area contributed by atoms with E-state index in [1.807, 2.05) is 6.92 Å². The minimum atomic E-state index is -0.112. The minimum absolute atomic E-state index is 0.112. The van der Waals surface area contributed by atoms with Crippen molar-refractivity contribution in [1.29, 1.82) is 0 Å². The molecule has 0 bridgehead atoms. The van der Waals surface area contributed by atoms with E-state index in [1.165, 1.54) is 0 Å². The maximum Gasteiger partial charge on any atom is 0.193 e. The lowest BCUT2D eigenvalue weighted by atomic mass is 10.0. The van der Waals surface area contributed by atoms with Crippen molar-refractivity contribution in [2.45, 2.75) is 6.92 Å². The average molecular weight is 198 g/mol. The number of carbonyl (C=O) groups excluding carboxylic acids is 1. The summed E-state index contributed by atoms with van der Waals surface area (Å²) in [5, 5.41) is 0. The lowest BCUT2D eigenvalue weighted by Crippen LogP contribution is -2.00. The van der Waals surface area contributed by atoms with Crippen molar-refractivity contribution in [2.75, 3.05) is 0 Å². The van der Waals surface area contributed by atoms with Crippen molar-refractivity contribution in [2.24, 2.45) is 0 Å². The molecule has 0 unspecified atom stereocenters. The van der Waals surface area contributed by atoms with Gasteiger partial charge in [-0.05, 0) is 6.92 Å². The van der Waals surface area contributed by atoms with Crippen LogP contribution in [0.5, 0.6) is 0 Å². The fraction of sp³-hybridized carbons (Fsp3) is 0.0714. The van der Waals surface area contributed by atoms with E-state index in [9.17, 15) is 4.79 Å². The first-order chi connectivity index (χ1) is 8.08. The van der Waals surface area contributed by atoms with Crippen LogP contribution in [-0.4, -0.2) is 5.78 Å². The summed E-state index contributed by atoms with van der Waals surface area (Å²) < 4.78 is 15.0. The molecule has 0 saturated carbocycles. The van der Waals surface area contributed by atoms with Gasteiger partial charge in [0.2, 0.25) is 0 Å². The maximum absolute atomic E-state index is 12.1. The van der Waals surface area contributed by atoms with E-state index in [2.05, 4.69) is 0 Å². The van der Waals surface area contributed by atoms with Gasteiger partial charge >= 0.3 is 0 Å². The highest BCUT2D eigenvalue weighted by atomic mass is 16.1. The monoisotopic (exact) mass is 198 g/mol. The molecule has 0 aliphatic rings. The topological polar surface area (TPSA) is 17.1 Å². The molecular weight excluding hydrogens is 184 g/mol. The highest BCUT2D eigenvalue weighted by Gasteiger charge is 2.06. The molecule has 15 heavy (non-hydrogen) atoms. The molecule has 2 aromatic carbocycles. The van der Waals surface area contributed by atoms with Gasteiger partial charge in [0.1, 0.15) is 0 Å². The Labute approximate surface area is 92.2 Å². The Morgan fingerprint density at radius 3 is 2.40 bits per heavy atom. The fourth-order valence-electron chi connectivity index (χ4n) is 1.35. The third-order valence-corrected chi connectivity index (χ3v) is 2.21.